The van der Waals surface area contributed by atoms with E-state index in [2.05, 4.69) is 32.5 Å². The van der Waals surface area contributed by atoms with E-state index in [0.29, 0.717) is 0 Å². The Labute approximate surface area is 125 Å². The van der Waals surface area contributed by atoms with Crippen LogP contribution < -0.4 is 0 Å². The SMILES string of the molecule is C=CC(=O)N1CCCC1c1nc(Br)c2c(C)nccn12. The van der Waals surface area contributed by atoms with Crippen molar-refractivity contribution in [2.24, 2.45) is 0 Å². The number of halogens is 1. The third kappa shape index (κ3) is 1.95. The maximum atomic E-state index is 12.0. The van der Waals surface area contributed by atoms with Crippen molar-refractivity contribution in [1.82, 2.24) is 19.3 Å². The molecular formula is C14H15BrN4O. The number of carbonyl (C=O) groups excluding carboxylic acids is 1. The molecule has 1 amide bonds. The van der Waals surface area contributed by atoms with E-state index >= 15 is 0 Å². The zero-order valence-corrected chi connectivity index (χ0v) is 12.8. The van der Waals surface area contributed by atoms with E-state index in [1.165, 1.54) is 6.08 Å². The topological polar surface area (TPSA) is 50.5 Å². The molecule has 1 aliphatic rings. The molecule has 0 radical (unpaired) electrons. The lowest BCUT2D eigenvalue weighted by Crippen LogP contribution is -2.29. The Balaban J connectivity index is 2.13. The second kappa shape index (κ2) is 5.01. The average Bonchev–Trinajstić information content (AvgIpc) is 3.03. The lowest BCUT2D eigenvalue weighted by molar-refractivity contribution is -0.127. The molecule has 6 heteroatoms. The first kappa shape index (κ1) is 13.3. The van der Waals surface area contributed by atoms with Gasteiger partial charge in [-0.2, -0.15) is 0 Å². The average molecular weight is 335 g/mol. The van der Waals surface area contributed by atoms with Crippen LogP contribution in [0.3, 0.4) is 0 Å². The molecule has 3 rings (SSSR count). The first-order valence-corrected chi connectivity index (χ1v) is 7.35. The molecule has 3 heterocycles. The van der Waals surface area contributed by atoms with Crippen LogP contribution in [0.4, 0.5) is 0 Å². The van der Waals surface area contributed by atoms with Crippen molar-refractivity contribution < 1.29 is 4.79 Å². The number of rotatable bonds is 2. The molecule has 1 aliphatic heterocycles. The third-order valence-electron chi connectivity index (χ3n) is 3.73. The number of fused-ring (bicyclic) bond motifs is 1. The molecule has 0 aliphatic carbocycles. The highest BCUT2D eigenvalue weighted by Crippen LogP contribution is 2.34. The second-order valence-electron chi connectivity index (χ2n) is 4.89. The van der Waals surface area contributed by atoms with Crippen LogP contribution in [0, 0.1) is 6.92 Å². The van der Waals surface area contributed by atoms with Gasteiger partial charge >= 0.3 is 0 Å². The maximum absolute atomic E-state index is 12.0. The number of aryl methyl sites for hydroxylation is 1. The lowest BCUT2D eigenvalue weighted by atomic mass is 10.2. The number of aromatic nitrogens is 3. The lowest BCUT2D eigenvalue weighted by Gasteiger charge is -2.22. The Morgan fingerprint density at radius 3 is 3.15 bits per heavy atom. The summed E-state index contributed by atoms with van der Waals surface area (Å²) in [6, 6.07) is 0.00102. The Kier molecular flexibility index (Phi) is 3.33. The zero-order chi connectivity index (χ0) is 14.3. The van der Waals surface area contributed by atoms with Gasteiger partial charge in [-0.25, -0.2) is 4.98 Å². The number of hydrogen-bond donors (Lipinski definition) is 0. The minimum absolute atomic E-state index is 0.00102. The van der Waals surface area contributed by atoms with E-state index in [1.807, 2.05) is 22.4 Å². The third-order valence-corrected chi connectivity index (χ3v) is 4.28. The van der Waals surface area contributed by atoms with E-state index in [-0.39, 0.29) is 11.9 Å². The first-order chi connectivity index (χ1) is 9.63. The van der Waals surface area contributed by atoms with Crippen molar-refractivity contribution >= 4 is 27.4 Å². The molecule has 1 fully saturated rings. The van der Waals surface area contributed by atoms with Gasteiger partial charge in [0.05, 0.1) is 11.7 Å². The Hall–Kier alpha value is -1.69. The Morgan fingerprint density at radius 2 is 2.40 bits per heavy atom. The molecule has 2 aromatic rings. The molecule has 104 valence electrons. The minimum Gasteiger partial charge on any atom is -0.329 e. The quantitative estimate of drug-likeness (QED) is 0.793. The summed E-state index contributed by atoms with van der Waals surface area (Å²) in [5.74, 6) is 0.844. The largest absolute Gasteiger partial charge is 0.329 e. The highest BCUT2D eigenvalue weighted by molar-refractivity contribution is 9.10. The Bertz CT molecular complexity index is 694. The van der Waals surface area contributed by atoms with Crippen LogP contribution in [-0.4, -0.2) is 31.7 Å². The number of likely N-dealkylation sites (tertiary alicyclic amines) is 1. The van der Waals surface area contributed by atoms with Crippen LogP contribution in [0.15, 0.2) is 29.7 Å². The predicted octanol–water partition coefficient (Wildman–Crippen LogP) is 2.65. The Morgan fingerprint density at radius 1 is 1.60 bits per heavy atom. The molecule has 0 N–H and O–H groups in total. The summed E-state index contributed by atoms with van der Waals surface area (Å²) in [6.45, 7) is 6.28. The molecule has 0 saturated carbocycles. The summed E-state index contributed by atoms with van der Waals surface area (Å²) in [7, 11) is 0. The van der Waals surface area contributed by atoms with E-state index in [0.717, 1.165) is 41.0 Å². The predicted molar refractivity (Wildman–Crippen MR) is 79.3 cm³/mol. The summed E-state index contributed by atoms with van der Waals surface area (Å²) in [4.78, 5) is 22.7. The van der Waals surface area contributed by atoms with Crippen LogP contribution in [0.25, 0.3) is 5.52 Å². The van der Waals surface area contributed by atoms with E-state index in [4.69, 9.17) is 0 Å². The molecule has 1 atom stereocenters. The number of amides is 1. The normalized spacial score (nSPS) is 18.7. The molecule has 5 nitrogen and oxygen atoms in total. The monoisotopic (exact) mass is 334 g/mol. The van der Waals surface area contributed by atoms with E-state index in [9.17, 15) is 4.79 Å². The van der Waals surface area contributed by atoms with Crippen molar-refractivity contribution in [1.29, 1.82) is 0 Å². The summed E-state index contributed by atoms with van der Waals surface area (Å²) >= 11 is 3.49. The number of imidazole rings is 1. The highest BCUT2D eigenvalue weighted by atomic mass is 79.9. The fraction of sp³-hybridized carbons (Fsp3) is 0.357. The summed E-state index contributed by atoms with van der Waals surface area (Å²) in [6.07, 6.45) is 6.93. The van der Waals surface area contributed by atoms with Crippen molar-refractivity contribution in [3.8, 4) is 0 Å². The summed E-state index contributed by atoms with van der Waals surface area (Å²) in [5.41, 5.74) is 1.87. The van der Waals surface area contributed by atoms with Gasteiger partial charge in [-0.1, -0.05) is 6.58 Å². The molecule has 1 unspecified atom stereocenters. The fourth-order valence-corrected chi connectivity index (χ4v) is 3.48. The van der Waals surface area contributed by atoms with Crippen molar-refractivity contribution in [3.63, 3.8) is 0 Å². The van der Waals surface area contributed by atoms with E-state index < -0.39 is 0 Å². The molecule has 0 spiro atoms. The van der Waals surface area contributed by atoms with Gasteiger partial charge in [-0.05, 0) is 41.8 Å². The van der Waals surface area contributed by atoms with Crippen molar-refractivity contribution in [2.45, 2.75) is 25.8 Å². The number of nitrogens with zero attached hydrogens (tertiary/aromatic N) is 4. The minimum atomic E-state index is -0.0360. The number of carbonyl (C=O) groups is 1. The maximum Gasteiger partial charge on any atom is 0.246 e. The van der Waals surface area contributed by atoms with Crippen molar-refractivity contribution in [2.75, 3.05) is 6.54 Å². The first-order valence-electron chi connectivity index (χ1n) is 6.55. The van der Waals surface area contributed by atoms with Crippen LogP contribution >= 0.6 is 15.9 Å². The van der Waals surface area contributed by atoms with Crippen LogP contribution in [0.5, 0.6) is 0 Å². The second-order valence-corrected chi connectivity index (χ2v) is 5.64. The van der Waals surface area contributed by atoms with Gasteiger partial charge in [-0.15, -0.1) is 0 Å². The molecule has 0 aromatic carbocycles. The fourth-order valence-electron chi connectivity index (χ4n) is 2.82. The van der Waals surface area contributed by atoms with Crippen LogP contribution in [0.2, 0.25) is 0 Å². The van der Waals surface area contributed by atoms with Crippen LogP contribution in [-0.2, 0) is 4.79 Å². The zero-order valence-electron chi connectivity index (χ0n) is 11.2. The molecule has 2 aromatic heterocycles. The van der Waals surface area contributed by atoms with Gasteiger partial charge in [-0.3, -0.25) is 14.2 Å². The summed E-state index contributed by atoms with van der Waals surface area (Å²) < 4.78 is 2.79. The molecule has 0 bridgehead atoms. The van der Waals surface area contributed by atoms with Crippen LogP contribution in [0.1, 0.15) is 30.4 Å². The van der Waals surface area contributed by atoms with Gasteiger partial charge in [0.1, 0.15) is 15.9 Å². The highest BCUT2D eigenvalue weighted by Gasteiger charge is 2.32. The summed E-state index contributed by atoms with van der Waals surface area (Å²) in [5, 5.41) is 0. The van der Waals surface area contributed by atoms with Gasteiger partial charge in [0.2, 0.25) is 5.91 Å². The van der Waals surface area contributed by atoms with Gasteiger partial charge in [0.25, 0.3) is 0 Å². The van der Waals surface area contributed by atoms with Gasteiger partial charge in [0.15, 0.2) is 0 Å². The smallest absolute Gasteiger partial charge is 0.246 e. The molecule has 1 saturated heterocycles. The standard InChI is InChI=1S/C14H15BrN4O/c1-3-11(20)18-7-4-5-10(18)14-17-13(15)12-9(2)16-6-8-19(12)14/h3,6,8,10H,1,4-5,7H2,2H3. The van der Waals surface area contributed by atoms with Gasteiger partial charge < -0.3 is 4.90 Å². The van der Waals surface area contributed by atoms with E-state index in [1.54, 1.807) is 6.20 Å². The number of hydrogen-bond acceptors (Lipinski definition) is 3. The molecular weight excluding hydrogens is 320 g/mol. The van der Waals surface area contributed by atoms with Crippen molar-refractivity contribution in [3.05, 3.63) is 41.2 Å². The van der Waals surface area contributed by atoms with Gasteiger partial charge in [0, 0.05) is 18.9 Å². The molecule has 20 heavy (non-hydrogen) atoms.